The Morgan fingerprint density at radius 3 is 2.06 bits per heavy atom. The molecule has 1 rings (SSSR count). The van der Waals surface area contributed by atoms with Gasteiger partial charge in [-0.15, -0.1) is 0 Å². The third-order valence-electron chi connectivity index (χ3n) is 5.36. The smallest absolute Gasteiger partial charge is 0.00693 e. The van der Waals surface area contributed by atoms with Crippen molar-refractivity contribution in [3.05, 3.63) is 0 Å². The van der Waals surface area contributed by atoms with Gasteiger partial charge in [0.2, 0.25) is 0 Å². The van der Waals surface area contributed by atoms with Gasteiger partial charge in [0.05, 0.1) is 0 Å². The predicted octanol–water partition coefficient (Wildman–Crippen LogP) is 5.29. The second-order valence-electron chi connectivity index (χ2n) is 6.76. The zero-order valence-corrected chi connectivity index (χ0v) is 13.3. The largest absolute Gasteiger partial charge is 0.179 e. The van der Waals surface area contributed by atoms with E-state index >= 15 is 0 Å². The molecular formula is C16H32S. The molecule has 1 fully saturated rings. The highest BCUT2D eigenvalue weighted by atomic mass is 32.1. The molecule has 0 radical (unpaired) electrons. The van der Waals surface area contributed by atoms with Crippen LogP contribution in [0, 0.1) is 35.5 Å². The monoisotopic (exact) mass is 256 g/mol. The molecule has 0 spiro atoms. The summed E-state index contributed by atoms with van der Waals surface area (Å²) >= 11 is 4.56. The summed E-state index contributed by atoms with van der Waals surface area (Å²) in [6, 6.07) is 0. The number of thiol groups is 1. The molecule has 0 aromatic rings. The maximum Gasteiger partial charge on any atom is -0.00693 e. The molecule has 0 amide bonds. The van der Waals surface area contributed by atoms with E-state index in [1.165, 1.54) is 25.7 Å². The first-order valence-corrected chi connectivity index (χ1v) is 8.23. The molecule has 1 heteroatoms. The highest BCUT2D eigenvalue weighted by Gasteiger charge is 2.33. The van der Waals surface area contributed by atoms with Gasteiger partial charge >= 0.3 is 0 Å². The van der Waals surface area contributed by atoms with Crippen LogP contribution in [0.2, 0.25) is 0 Å². The minimum absolute atomic E-state index is 0.851. The van der Waals surface area contributed by atoms with Crippen molar-refractivity contribution >= 4 is 12.6 Å². The quantitative estimate of drug-likeness (QED) is 0.635. The van der Waals surface area contributed by atoms with Crippen molar-refractivity contribution in [2.24, 2.45) is 35.5 Å². The zero-order valence-electron chi connectivity index (χ0n) is 12.4. The molecule has 5 unspecified atom stereocenters. The summed E-state index contributed by atoms with van der Waals surface area (Å²) in [5, 5.41) is 0. The van der Waals surface area contributed by atoms with Crippen LogP contribution in [-0.4, -0.2) is 5.75 Å². The molecule has 1 saturated carbocycles. The Balaban J connectivity index is 2.64. The Kier molecular flexibility index (Phi) is 6.40. The molecule has 0 aliphatic heterocycles. The molecule has 0 aromatic heterocycles. The summed E-state index contributed by atoms with van der Waals surface area (Å²) in [5.74, 6) is 6.48. The van der Waals surface area contributed by atoms with Crippen LogP contribution in [0.4, 0.5) is 0 Å². The molecule has 0 bridgehead atoms. The lowest BCUT2D eigenvalue weighted by atomic mass is 9.66. The van der Waals surface area contributed by atoms with Gasteiger partial charge in [0.1, 0.15) is 0 Å². The van der Waals surface area contributed by atoms with Crippen LogP contribution in [0.1, 0.15) is 60.3 Å². The van der Waals surface area contributed by atoms with E-state index in [2.05, 4.69) is 47.2 Å². The first kappa shape index (κ1) is 15.4. The molecule has 17 heavy (non-hydrogen) atoms. The van der Waals surface area contributed by atoms with Gasteiger partial charge in [0.25, 0.3) is 0 Å². The van der Waals surface area contributed by atoms with Crippen molar-refractivity contribution in [3.8, 4) is 0 Å². The summed E-state index contributed by atoms with van der Waals surface area (Å²) in [5.41, 5.74) is 0. The molecule has 1 aliphatic rings. The first-order valence-electron chi connectivity index (χ1n) is 7.60. The molecule has 0 saturated heterocycles. The van der Waals surface area contributed by atoms with E-state index in [-0.39, 0.29) is 0 Å². The van der Waals surface area contributed by atoms with Crippen LogP contribution in [0.15, 0.2) is 0 Å². The molecule has 5 atom stereocenters. The van der Waals surface area contributed by atoms with Crippen LogP contribution in [0.5, 0.6) is 0 Å². The predicted molar refractivity (Wildman–Crippen MR) is 81.6 cm³/mol. The second kappa shape index (κ2) is 7.07. The average Bonchev–Trinajstić information content (AvgIpc) is 2.36. The van der Waals surface area contributed by atoms with Crippen molar-refractivity contribution in [1.29, 1.82) is 0 Å². The molecule has 0 heterocycles. The summed E-state index contributed by atoms with van der Waals surface area (Å²) in [4.78, 5) is 0. The van der Waals surface area contributed by atoms with Crippen molar-refractivity contribution in [2.75, 3.05) is 5.75 Å². The lowest BCUT2D eigenvalue weighted by Crippen LogP contribution is -2.32. The Hall–Kier alpha value is 0.350. The van der Waals surface area contributed by atoms with Crippen LogP contribution in [0.25, 0.3) is 0 Å². The molecular weight excluding hydrogens is 224 g/mol. The topological polar surface area (TPSA) is 0 Å². The Labute approximate surface area is 114 Å². The second-order valence-corrected chi connectivity index (χ2v) is 7.13. The van der Waals surface area contributed by atoms with Gasteiger partial charge in [-0.3, -0.25) is 0 Å². The minimum atomic E-state index is 0.851. The van der Waals surface area contributed by atoms with Gasteiger partial charge in [-0.05, 0) is 60.5 Å². The third-order valence-corrected chi connectivity index (χ3v) is 5.88. The highest BCUT2D eigenvalue weighted by molar-refractivity contribution is 7.80. The van der Waals surface area contributed by atoms with Gasteiger partial charge in [0, 0.05) is 0 Å². The standard InChI is InChI=1S/C16H32S/c1-6-12(4)13(5)16-8-14(10-17)7-15(9-16)11(2)3/h11-17H,6-10H2,1-5H3. The highest BCUT2D eigenvalue weighted by Crippen LogP contribution is 2.42. The molecule has 0 nitrogen and oxygen atoms in total. The van der Waals surface area contributed by atoms with Crippen molar-refractivity contribution < 1.29 is 0 Å². The van der Waals surface area contributed by atoms with E-state index in [0.717, 1.165) is 41.3 Å². The third kappa shape index (κ3) is 4.19. The van der Waals surface area contributed by atoms with Crippen molar-refractivity contribution in [3.63, 3.8) is 0 Å². The normalized spacial score (nSPS) is 33.7. The fraction of sp³-hybridized carbons (Fsp3) is 1.00. The number of rotatable bonds is 5. The van der Waals surface area contributed by atoms with Gasteiger partial charge < -0.3 is 0 Å². The summed E-state index contributed by atoms with van der Waals surface area (Å²) in [7, 11) is 0. The van der Waals surface area contributed by atoms with Crippen LogP contribution in [0.3, 0.4) is 0 Å². The van der Waals surface area contributed by atoms with Crippen molar-refractivity contribution in [2.45, 2.75) is 60.3 Å². The number of hydrogen-bond donors (Lipinski definition) is 1. The van der Waals surface area contributed by atoms with E-state index in [0.29, 0.717) is 0 Å². The Morgan fingerprint density at radius 1 is 1.00 bits per heavy atom. The molecule has 0 N–H and O–H groups in total. The van der Waals surface area contributed by atoms with E-state index in [1.54, 1.807) is 0 Å². The SMILES string of the molecule is CCC(C)C(C)C1CC(CS)CC(C(C)C)C1. The molecule has 102 valence electrons. The zero-order chi connectivity index (χ0) is 13.0. The van der Waals surface area contributed by atoms with E-state index < -0.39 is 0 Å². The maximum atomic E-state index is 4.56. The van der Waals surface area contributed by atoms with Crippen molar-refractivity contribution in [1.82, 2.24) is 0 Å². The minimum Gasteiger partial charge on any atom is -0.179 e. The van der Waals surface area contributed by atoms with Gasteiger partial charge in [0.15, 0.2) is 0 Å². The first-order chi connectivity index (χ1) is 7.99. The molecule has 0 aromatic carbocycles. The van der Waals surface area contributed by atoms with Gasteiger partial charge in [-0.1, -0.05) is 41.0 Å². The molecule has 1 aliphatic carbocycles. The fourth-order valence-corrected chi connectivity index (χ4v) is 3.79. The Morgan fingerprint density at radius 2 is 1.59 bits per heavy atom. The average molecular weight is 256 g/mol. The van der Waals surface area contributed by atoms with Gasteiger partial charge in [-0.2, -0.15) is 12.6 Å². The van der Waals surface area contributed by atoms with E-state index in [4.69, 9.17) is 0 Å². The lowest BCUT2D eigenvalue weighted by Gasteiger charge is -2.40. The summed E-state index contributed by atoms with van der Waals surface area (Å²) < 4.78 is 0. The summed E-state index contributed by atoms with van der Waals surface area (Å²) in [6.07, 6.45) is 5.64. The van der Waals surface area contributed by atoms with Crippen LogP contribution >= 0.6 is 12.6 Å². The maximum absolute atomic E-state index is 4.56. The number of hydrogen-bond acceptors (Lipinski definition) is 1. The van der Waals surface area contributed by atoms with Crippen LogP contribution < -0.4 is 0 Å². The van der Waals surface area contributed by atoms with E-state index in [1.807, 2.05) is 0 Å². The lowest BCUT2D eigenvalue weighted by molar-refractivity contribution is 0.107. The Bertz CT molecular complexity index is 212. The fourth-order valence-electron chi connectivity index (χ4n) is 3.49. The van der Waals surface area contributed by atoms with Gasteiger partial charge in [-0.25, -0.2) is 0 Å². The summed E-state index contributed by atoms with van der Waals surface area (Å²) in [6.45, 7) is 12.0. The van der Waals surface area contributed by atoms with Crippen LogP contribution in [-0.2, 0) is 0 Å². The van der Waals surface area contributed by atoms with E-state index in [9.17, 15) is 0 Å².